The van der Waals surface area contributed by atoms with Crippen LogP contribution in [0.1, 0.15) is 32.6 Å². The lowest BCUT2D eigenvalue weighted by atomic mass is 10.1. The zero-order valence-electron chi connectivity index (χ0n) is 9.08. The molecule has 4 heteroatoms. The molecule has 84 valence electrons. The van der Waals surface area contributed by atoms with E-state index in [4.69, 9.17) is 0 Å². The van der Waals surface area contributed by atoms with Crippen LogP contribution in [0.25, 0.3) is 0 Å². The van der Waals surface area contributed by atoms with Crippen LogP contribution in [0.15, 0.2) is 0 Å². The minimum Gasteiger partial charge on any atom is -0.305 e. The Labute approximate surface area is 89.8 Å². The van der Waals surface area contributed by atoms with Crippen LogP contribution in [0.4, 0.5) is 0 Å². The summed E-state index contributed by atoms with van der Waals surface area (Å²) < 4.78 is 0. The predicted octanol–water partition coefficient (Wildman–Crippen LogP) is 0.427. The molecule has 2 rings (SSSR count). The van der Waals surface area contributed by atoms with Gasteiger partial charge in [0, 0.05) is 0 Å². The van der Waals surface area contributed by atoms with Crippen molar-refractivity contribution < 1.29 is 9.59 Å². The molecule has 2 aliphatic rings. The van der Waals surface area contributed by atoms with Crippen LogP contribution in [-0.2, 0) is 9.59 Å². The highest BCUT2D eigenvalue weighted by Gasteiger charge is 2.31. The molecular formula is C11H18N2O2. The van der Waals surface area contributed by atoms with Crippen LogP contribution in [0, 0.1) is 11.8 Å². The van der Waals surface area contributed by atoms with Gasteiger partial charge < -0.3 is 5.32 Å². The molecule has 0 aromatic carbocycles. The largest absolute Gasteiger partial charge is 0.305 e. The van der Waals surface area contributed by atoms with Gasteiger partial charge in [-0.1, -0.05) is 13.3 Å². The van der Waals surface area contributed by atoms with Gasteiger partial charge in [0.25, 0.3) is 0 Å². The molecule has 3 atom stereocenters. The van der Waals surface area contributed by atoms with Gasteiger partial charge in [-0.3, -0.25) is 14.9 Å². The van der Waals surface area contributed by atoms with Gasteiger partial charge in [-0.25, -0.2) is 0 Å². The van der Waals surface area contributed by atoms with Gasteiger partial charge in [-0.2, -0.15) is 0 Å². The summed E-state index contributed by atoms with van der Waals surface area (Å²) in [5.74, 6) is 1.18. The minimum absolute atomic E-state index is 0.155. The summed E-state index contributed by atoms with van der Waals surface area (Å²) in [6, 6.07) is -0.284. The third-order valence-electron chi connectivity index (χ3n) is 3.42. The van der Waals surface area contributed by atoms with E-state index in [0.29, 0.717) is 12.3 Å². The third-order valence-corrected chi connectivity index (χ3v) is 3.42. The average molecular weight is 210 g/mol. The van der Waals surface area contributed by atoms with Gasteiger partial charge in [-0.15, -0.1) is 0 Å². The quantitative estimate of drug-likeness (QED) is 0.664. The van der Waals surface area contributed by atoms with Crippen LogP contribution < -0.4 is 10.6 Å². The third kappa shape index (κ3) is 2.56. The Balaban J connectivity index is 1.74. The Hall–Kier alpha value is -0.900. The average Bonchev–Trinajstić information content (AvgIpc) is 2.70. The van der Waals surface area contributed by atoms with E-state index in [1.54, 1.807) is 0 Å². The molecule has 0 aromatic heterocycles. The molecule has 1 aliphatic carbocycles. The second kappa shape index (κ2) is 4.31. The van der Waals surface area contributed by atoms with Crippen molar-refractivity contribution in [2.75, 3.05) is 6.54 Å². The summed E-state index contributed by atoms with van der Waals surface area (Å²) in [4.78, 5) is 22.2. The lowest BCUT2D eigenvalue weighted by Crippen LogP contribution is -2.38. The molecular weight excluding hydrogens is 192 g/mol. The molecule has 4 nitrogen and oxygen atoms in total. The summed E-state index contributed by atoms with van der Waals surface area (Å²) in [5, 5.41) is 5.50. The minimum atomic E-state index is -0.284. The monoisotopic (exact) mass is 210 g/mol. The molecule has 0 spiro atoms. The van der Waals surface area contributed by atoms with E-state index in [9.17, 15) is 9.59 Å². The first-order chi connectivity index (χ1) is 7.15. The smallest absolute Gasteiger partial charge is 0.244 e. The fraction of sp³-hybridized carbons (Fsp3) is 0.818. The molecule has 15 heavy (non-hydrogen) atoms. The zero-order valence-corrected chi connectivity index (χ0v) is 9.08. The SMILES string of the molecule is CC1CCC(CNC2CC(=O)NC2=O)C1. The Morgan fingerprint density at radius 2 is 2.20 bits per heavy atom. The van der Waals surface area contributed by atoms with Gasteiger partial charge in [0.15, 0.2) is 0 Å². The Morgan fingerprint density at radius 1 is 1.40 bits per heavy atom. The first-order valence-corrected chi connectivity index (χ1v) is 5.72. The van der Waals surface area contributed by atoms with Crippen molar-refractivity contribution in [3.8, 4) is 0 Å². The van der Waals surface area contributed by atoms with Crippen LogP contribution in [0.2, 0.25) is 0 Å². The molecule has 0 aromatic rings. The van der Waals surface area contributed by atoms with Gasteiger partial charge >= 0.3 is 0 Å². The second-order valence-corrected chi connectivity index (χ2v) is 4.86. The van der Waals surface area contributed by atoms with E-state index in [1.807, 2.05) is 0 Å². The van der Waals surface area contributed by atoms with Gasteiger partial charge in [0.05, 0.1) is 12.5 Å². The van der Waals surface area contributed by atoms with Crippen molar-refractivity contribution >= 4 is 11.8 Å². The molecule has 0 bridgehead atoms. The molecule has 1 saturated heterocycles. The maximum absolute atomic E-state index is 11.3. The van der Waals surface area contributed by atoms with Crippen molar-refractivity contribution in [1.29, 1.82) is 0 Å². The van der Waals surface area contributed by atoms with E-state index in [0.717, 1.165) is 12.5 Å². The van der Waals surface area contributed by atoms with Crippen LogP contribution in [0.3, 0.4) is 0 Å². The highest BCUT2D eigenvalue weighted by atomic mass is 16.2. The Morgan fingerprint density at radius 3 is 2.73 bits per heavy atom. The van der Waals surface area contributed by atoms with E-state index in [2.05, 4.69) is 17.6 Å². The zero-order chi connectivity index (χ0) is 10.8. The topological polar surface area (TPSA) is 58.2 Å². The molecule has 2 amide bonds. The van der Waals surface area contributed by atoms with Crippen molar-refractivity contribution in [3.05, 3.63) is 0 Å². The lowest BCUT2D eigenvalue weighted by molar-refractivity contribution is -0.125. The Kier molecular flexibility index (Phi) is 3.05. The van der Waals surface area contributed by atoms with Crippen LogP contribution in [-0.4, -0.2) is 24.4 Å². The summed E-state index contributed by atoms with van der Waals surface area (Å²) in [5.41, 5.74) is 0. The van der Waals surface area contributed by atoms with E-state index in [-0.39, 0.29) is 17.9 Å². The molecule has 1 aliphatic heterocycles. The standard InChI is InChI=1S/C11H18N2O2/c1-7-2-3-8(4-7)6-12-9-5-10(14)13-11(9)15/h7-9,12H,2-6H2,1H3,(H,13,14,15). The molecule has 1 saturated carbocycles. The first-order valence-electron chi connectivity index (χ1n) is 5.72. The number of imide groups is 1. The van der Waals surface area contributed by atoms with E-state index < -0.39 is 0 Å². The number of amides is 2. The van der Waals surface area contributed by atoms with Gasteiger partial charge in [0.2, 0.25) is 11.8 Å². The molecule has 3 unspecified atom stereocenters. The second-order valence-electron chi connectivity index (χ2n) is 4.86. The fourth-order valence-electron chi connectivity index (χ4n) is 2.54. The van der Waals surface area contributed by atoms with Crippen LogP contribution >= 0.6 is 0 Å². The highest BCUT2D eigenvalue weighted by molar-refractivity contribution is 6.05. The molecule has 0 radical (unpaired) electrons. The maximum Gasteiger partial charge on any atom is 0.244 e. The molecule has 2 fully saturated rings. The van der Waals surface area contributed by atoms with Crippen molar-refractivity contribution in [2.24, 2.45) is 11.8 Å². The maximum atomic E-state index is 11.3. The van der Waals surface area contributed by atoms with Crippen molar-refractivity contribution in [3.63, 3.8) is 0 Å². The van der Waals surface area contributed by atoms with Crippen molar-refractivity contribution in [2.45, 2.75) is 38.6 Å². The van der Waals surface area contributed by atoms with E-state index in [1.165, 1.54) is 19.3 Å². The van der Waals surface area contributed by atoms with Crippen molar-refractivity contribution in [1.82, 2.24) is 10.6 Å². The molecule has 2 N–H and O–H groups in total. The summed E-state index contributed by atoms with van der Waals surface area (Å²) in [7, 11) is 0. The highest BCUT2D eigenvalue weighted by Crippen LogP contribution is 2.29. The first kappa shape index (κ1) is 10.6. The summed E-state index contributed by atoms with van der Waals surface area (Å²) in [6.07, 6.45) is 4.09. The fourth-order valence-corrected chi connectivity index (χ4v) is 2.54. The normalized spacial score (nSPS) is 35.9. The Bertz CT molecular complexity index is 278. The predicted molar refractivity (Wildman–Crippen MR) is 56.1 cm³/mol. The molecule has 1 heterocycles. The number of nitrogens with one attached hydrogen (secondary N) is 2. The number of hydrogen-bond acceptors (Lipinski definition) is 3. The number of rotatable bonds is 3. The van der Waals surface area contributed by atoms with Gasteiger partial charge in [-0.05, 0) is 31.2 Å². The van der Waals surface area contributed by atoms with Gasteiger partial charge in [0.1, 0.15) is 0 Å². The number of carbonyl (C=O) groups is 2. The lowest BCUT2D eigenvalue weighted by Gasteiger charge is -2.13. The van der Waals surface area contributed by atoms with E-state index >= 15 is 0 Å². The summed E-state index contributed by atoms with van der Waals surface area (Å²) >= 11 is 0. The van der Waals surface area contributed by atoms with Crippen LogP contribution in [0.5, 0.6) is 0 Å². The number of hydrogen-bond donors (Lipinski definition) is 2. The summed E-state index contributed by atoms with van der Waals surface area (Å²) in [6.45, 7) is 3.14. The number of carbonyl (C=O) groups excluding carboxylic acids is 2.